The van der Waals surface area contributed by atoms with Gasteiger partial charge in [0.1, 0.15) is 11.5 Å². The molecule has 0 fully saturated rings. The van der Waals surface area contributed by atoms with Gasteiger partial charge in [-0.1, -0.05) is 22.0 Å². The standard InChI is InChI=1S/C22H19BrN2O2S/c1-2-26-16-8-5-14(6-9-16)22-25-19(13-18(24-25)21-4-3-11-28-21)17-12-15(23)7-10-20(17)27-22/h3-12,19,22H,2,13H2,1H3/t19-,22+/m0/s1. The molecular weight excluding hydrogens is 436 g/mol. The lowest BCUT2D eigenvalue weighted by Gasteiger charge is -2.38. The van der Waals surface area contributed by atoms with Crippen LogP contribution >= 0.6 is 27.3 Å². The summed E-state index contributed by atoms with van der Waals surface area (Å²) in [5, 5.41) is 9.19. The van der Waals surface area contributed by atoms with Gasteiger partial charge in [0.05, 0.1) is 23.2 Å². The van der Waals surface area contributed by atoms with E-state index in [2.05, 4.69) is 56.7 Å². The van der Waals surface area contributed by atoms with Crippen molar-refractivity contribution in [2.45, 2.75) is 25.6 Å². The van der Waals surface area contributed by atoms with Crippen molar-refractivity contribution >= 4 is 33.0 Å². The van der Waals surface area contributed by atoms with Crippen LogP contribution in [-0.2, 0) is 0 Å². The maximum Gasteiger partial charge on any atom is 0.213 e. The third kappa shape index (κ3) is 3.10. The maximum atomic E-state index is 6.41. The van der Waals surface area contributed by atoms with Crippen molar-refractivity contribution in [2.75, 3.05) is 6.61 Å². The molecule has 5 rings (SSSR count). The molecule has 6 heteroatoms. The highest BCUT2D eigenvalue weighted by Crippen LogP contribution is 2.48. The van der Waals surface area contributed by atoms with Gasteiger partial charge in [0, 0.05) is 22.0 Å². The average molecular weight is 455 g/mol. The largest absolute Gasteiger partial charge is 0.494 e. The molecule has 1 aromatic heterocycles. The van der Waals surface area contributed by atoms with Crippen LogP contribution in [0.5, 0.6) is 11.5 Å². The van der Waals surface area contributed by atoms with Gasteiger partial charge in [0.15, 0.2) is 0 Å². The Bertz CT molecular complexity index is 1020. The molecule has 2 atom stereocenters. The quantitative estimate of drug-likeness (QED) is 0.473. The Kier molecular flexibility index (Phi) is 4.61. The van der Waals surface area contributed by atoms with E-state index in [0.717, 1.165) is 33.7 Å². The summed E-state index contributed by atoms with van der Waals surface area (Å²) >= 11 is 5.33. The van der Waals surface area contributed by atoms with E-state index in [-0.39, 0.29) is 12.3 Å². The number of thiophene rings is 1. The molecular formula is C22H19BrN2O2S. The maximum absolute atomic E-state index is 6.41. The van der Waals surface area contributed by atoms with Crippen LogP contribution in [0.15, 0.2) is 69.6 Å². The van der Waals surface area contributed by atoms with Gasteiger partial charge in [0.2, 0.25) is 6.23 Å². The molecule has 3 aromatic rings. The minimum Gasteiger partial charge on any atom is -0.494 e. The molecule has 0 amide bonds. The summed E-state index contributed by atoms with van der Waals surface area (Å²) in [4.78, 5) is 1.22. The van der Waals surface area contributed by atoms with Gasteiger partial charge >= 0.3 is 0 Å². The lowest BCUT2D eigenvalue weighted by molar-refractivity contribution is -0.0191. The lowest BCUT2D eigenvalue weighted by atomic mass is 9.97. The van der Waals surface area contributed by atoms with Crippen LogP contribution in [0.1, 0.15) is 41.6 Å². The van der Waals surface area contributed by atoms with Crippen molar-refractivity contribution in [2.24, 2.45) is 5.10 Å². The van der Waals surface area contributed by atoms with Crippen LogP contribution in [0.3, 0.4) is 0 Å². The molecule has 4 nitrogen and oxygen atoms in total. The second kappa shape index (κ2) is 7.26. The zero-order chi connectivity index (χ0) is 19.1. The van der Waals surface area contributed by atoms with Crippen LogP contribution in [0, 0.1) is 0 Å². The van der Waals surface area contributed by atoms with E-state index < -0.39 is 0 Å². The van der Waals surface area contributed by atoms with Crippen LogP contribution < -0.4 is 9.47 Å². The molecule has 0 unspecified atom stereocenters. The Hall–Kier alpha value is -2.31. The molecule has 0 saturated heterocycles. The van der Waals surface area contributed by atoms with Crippen molar-refractivity contribution in [3.05, 3.63) is 80.5 Å². The number of halogens is 1. The summed E-state index contributed by atoms with van der Waals surface area (Å²) in [6.07, 6.45) is 0.618. The number of hydrogen-bond donors (Lipinski definition) is 0. The van der Waals surface area contributed by atoms with Crippen molar-refractivity contribution in [1.82, 2.24) is 5.01 Å². The predicted octanol–water partition coefficient (Wildman–Crippen LogP) is 6.15. The second-order valence-corrected chi connectivity index (χ2v) is 8.64. The number of hydrazone groups is 1. The predicted molar refractivity (Wildman–Crippen MR) is 115 cm³/mol. The summed E-state index contributed by atoms with van der Waals surface area (Å²) in [5.74, 6) is 1.79. The Morgan fingerprint density at radius 2 is 2.07 bits per heavy atom. The summed E-state index contributed by atoms with van der Waals surface area (Å²) in [6, 6.07) is 18.7. The van der Waals surface area contributed by atoms with Crippen LogP contribution in [0.25, 0.3) is 0 Å². The minimum absolute atomic E-state index is 0.162. The molecule has 2 aromatic carbocycles. The number of ether oxygens (including phenoxy) is 2. The van der Waals surface area contributed by atoms with E-state index in [0.29, 0.717) is 6.61 Å². The van der Waals surface area contributed by atoms with E-state index in [9.17, 15) is 0 Å². The number of fused-ring (bicyclic) bond motifs is 3. The number of benzene rings is 2. The third-order valence-corrected chi connectivity index (χ3v) is 6.45. The van der Waals surface area contributed by atoms with Gasteiger partial charge in [0.25, 0.3) is 0 Å². The number of rotatable bonds is 4. The molecule has 0 saturated carbocycles. The molecule has 28 heavy (non-hydrogen) atoms. The third-order valence-electron chi connectivity index (χ3n) is 5.03. The first kappa shape index (κ1) is 17.8. The van der Waals surface area contributed by atoms with Gasteiger partial charge in [-0.15, -0.1) is 11.3 Å². The molecule has 3 heterocycles. The number of nitrogens with zero attached hydrogens (tertiary/aromatic N) is 2. The Labute approximate surface area is 176 Å². The molecule has 0 aliphatic carbocycles. The fourth-order valence-corrected chi connectivity index (χ4v) is 4.86. The monoisotopic (exact) mass is 454 g/mol. The van der Waals surface area contributed by atoms with Crippen molar-refractivity contribution in [1.29, 1.82) is 0 Å². The van der Waals surface area contributed by atoms with Crippen LogP contribution in [0.2, 0.25) is 0 Å². The highest BCUT2D eigenvalue weighted by Gasteiger charge is 2.41. The first-order valence-electron chi connectivity index (χ1n) is 9.31. The average Bonchev–Trinajstić information content (AvgIpc) is 3.38. The van der Waals surface area contributed by atoms with Gasteiger partial charge in [-0.05, 0) is 60.8 Å². The van der Waals surface area contributed by atoms with Crippen molar-refractivity contribution < 1.29 is 9.47 Å². The fraction of sp³-hybridized carbons (Fsp3) is 0.227. The Morgan fingerprint density at radius 1 is 1.21 bits per heavy atom. The molecule has 0 radical (unpaired) electrons. The van der Waals surface area contributed by atoms with Crippen LogP contribution in [0.4, 0.5) is 0 Å². The molecule has 0 N–H and O–H groups in total. The minimum atomic E-state index is -0.258. The second-order valence-electron chi connectivity index (χ2n) is 6.78. The Morgan fingerprint density at radius 3 is 2.82 bits per heavy atom. The van der Waals surface area contributed by atoms with Gasteiger partial charge in [-0.2, -0.15) is 5.10 Å². The van der Waals surface area contributed by atoms with Gasteiger partial charge < -0.3 is 9.47 Å². The van der Waals surface area contributed by atoms with Crippen molar-refractivity contribution in [3.8, 4) is 11.5 Å². The first-order chi connectivity index (χ1) is 13.7. The van der Waals surface area contributed by atoms with E-state index in [1.54, 1.807) is 11.3 Å². The zero-order valence-corrected chi connectivity index (χ0v) is 17.7. The summed E-state index contributed by atoms with van der Waals surface area (Å²) in [5.41, 5.74) is 3.36. The molecule has 142 valence electrons. The molecule has 0 bridgehead atoms. The Balaban J connectivity index is 1.55. The van der Waals surface area contributed by atoms with Gasteiger partial charge in [-0.3, -0.25) is 0 Å². The van der Waals surface area contributed by atoms with Crippen LogP contribution in [-0.4, -0.2) is 17.3 Å². The lowest BCUT2D eigenvalue weighted by Crippen LogP contribution is -2.33. The summed E-state index contributed by atoms with van der Waals surface area (Å²) in [7, 11) is 0. The molecule has 2 aliphatic rings. The van der Waals surface area contributed by atoms with E-state index in [1.807, 2.05) is 31.2 Å². The normalized spacial score (nSPS) is 20.2. The smallest absolute Gasteiger partial charge is 0.213 e. The van der Waals surface area contributed by atoms with Crippen molar-refractivity contribution in [3.63, 3.8) is 0 Å². The van der Waals surface area contributed by atoms with Gasteiger partial charge in [-0.25, -0.2) is 5.01 Å². The van der Waals surface area contributed by atoms with E-state index >= 15 is 0 Å². The fourth-order valence-electron chi connectivity index (χ4n) is 3.76. The van der Waals surface area contributed by atoms with E-state index in [4.69, 9.17) is 14.6 Å². The highest BCUT2D eigenvalue weighted by molar-refractivity contribution is 9.10. The highest BCUT2D eigenvalue weighted by atomic mass is 79.9. The summed E-state index contributed by atoms with van der Waals surface area (Å²) in [6.45, 7) is 2.65. The summed E-state index contributed by atoms with van der Waals surface area (Å²) < 4.78 is 13.1. The molecule has 2 aliphatic heterocycles. The zero-order valence-electron chi connectivity index (χ0n) is 15.3. The first-order valence-corrected chi connectivity index (χ1v) is 11.0. The topological polar surface area (TPSA) is 34.1 Å². The van der Waals surface area contributed by atoms with E-state index in [1.165, 1.54) is 10.4 Å². The molecule has 0 spiro atoms. The number of hydrogen-bond acceptors (Lipinski definition) is 5. The SMILES string of the molecule is CCOc1ccc([C@H]2Oc3ccc(Br)cc3[C@@H]3CC(c4cccs4)=NN23)cc1.